The van der Waals surface area contributed by atoms with Crippen molar-refractivity contribution < 1.29 is 4.42 Å². The standard InChI is InChI=1S/C54H36N2O/c1-54(42-17-6-3-7-18-42)47-21-10-8-19-43(47)44-29-27-41(33-48(44)54)50-34-49(55-53(56-50)37-13-4-2-5-14-37)40-16-12-15-38(31-40)35-23-25-36(26-24-35)39-28-30-52-46(32-39)45-20-9-11-22-51(45)57-52/h2-34H,1H3. The summed E-state index contributed by atoms with van der Waals surface area (Å²) in [5.74, 6) is 0.704. The summed E-state index contributed by atoms with van der Waals surface area (Å²) in [5.41, 5.74) is 17.4. The Labute approximate surface area is 331 Å². The molecule has 10 aromatic rings. The smallest absolute Gasteiger partial charge is 0.160 e. The van der Waals surface area contributed by atoms with E-state index in [-0.39, 0.29) is 5.41 Å². The molecule has 2 aromatic heterocycles. The molecule has 0 radical (unpaired) electrons. The molecule has 1 unspecified atom stereocenters. The minimum absolute atomic E-state index is 0.300. The second kappa shape index (κ2) is 13.1. The summed E-state index contributed by atoms with van der Waals surface area (Å²) in [7, 11) is 0. The van der Waals surface area contributed by atoms with Gasteiger partial charge in [0.2, 0.25) is 0 Å². The predicted molar refractivity (Wildman–Crippen MR) is 234 cm³/mol. The van der Waals surface area contributed by atoms with E-state index in [0.29, 0.717) is 5.82 Å². The van der Waals surface area contributed by atoms with Crippen molar-refractivity contribution in [2.45, 2.75) is 12.3 Å². The van der Waals surface area contributed by atoms with Crippen LogP contribution in [0.25, 0.3) is 89.2 Å². The van der Waals surface area contributed by atoms with Crippen LogP contribution in [0.15, 0.2) is 205 Å². The van der Waals surface area contributed by atoms with Crippen LogP contribution in [-0.4, -0.2) is 9.97 Å². The number of furan rings is 1. The normalized spacial score (nSPS) is 14.5. The van der Waals surface area contributed by atoms with Crippen molar-refractivity contribution in [3.05, 3.63) is 217 Å². The fourth-order valence-corrected chi connectivity index (χ4v) is 8.81. The SMILES string of the molecule is CC1(c2ccccc2)c2ccccc2-c2ccc(-c3cc(-c4cccc(-c5ccc(-c6ccc7oc8ccccc8c7c6)cc5)c4)nc(-c4ccccc4)n3)cc21. The molecule has 11 rings (SSSR count). The Kier molecular flexibility index (Phi) is 7.61. The van der Waals surface area contributed by atoms with Gasteiger partial charge in [0.15, 0.2) is 5.82 Å². The molecule has 2 heterocycles. The third-order valence-corrected chi connectivity index (χ3v) is 11.8. The predicted octanol–water partition coefficient (Wildman–Crippen LogP) is 14.0. The highest BCUT2D eigenvalue weighted by atomic mass is 16.3. The number of para-hydroxylation sites is 1. The molecule has 1 atom stereocenters. The first-order valence-corrected chi connectivity index (χ1v) is 19.5. The third kappa shape index (κ3) is 5.50. The number of fused-ring (bicyclic) bond motifs is 6. The van der Waals surface area contributed by atoms with Gasteiger partial charge in [-0.25, -0.2) is 9.97 Å². The maximum absolute atomic E-state index is 6.08. The topological polar surface area (TPSA) is 38.9 Å². The van der Waals surface area contributed by atoms with Gasteiger partial charge in [-0.3, -0.25) is 0 Å². The Morgan fingerprint density at radius 1 is 0.368 bits per heavy atom. The minimum atomic E-state index is -0.300. The first-order chi connectivity index (χ1) is 28.1. The average molecular weight is 729 g/mol. The molecule has 0 N–H and O–H groups in total. The van der Waals surface area contributed by atoms with E-state index in [1.807, 2.05) is 30.3 Å². The zero-order valence-corrected chi connectivity index (χ0v) is 31.4. The van der Waals surface area contributed by atoms with Crippen LogP contribution in [-0.2, 0) is 5.41 Å². The first-order valence-electron chi connectivity index (χ1n) is 19.5. The van der Waals surface area contributed by atoms with Crippen LogP contribution in [0.4, 0.5) is 0 Å². The fraction of sp³-hybridized carbons (Fsp3) is 0.0370. The van der Waals surface area contributed by atoms with Gasteiger partial charge < -0.3 is 4.42 Å². The van der Waals surface area contributed by atoms with Crippen LogP contribution in [0.5, 0.6) is 0 Å². The van der Waals surface area contributed by atoms with Crippen LogP contribution in [0, 0.1) is 0 Å². The molecule has 0 amide bonds. The van der Waals surface area contributed by atoms with Gasteiger partial charge >= 0.3 is 0 Å². The summed E-state index contributed by atoms with van der Waals surface area (Å²) in [5, 5.41) is 2.27. The van der Waals surface area contributed by atoms with E-state index in [4.69, 9.17) is 14.4 Å². The monoisotopic (exact) mass is 728 g/mol. The van der Waals surface area contributed by atoms with Crippen molar-refractivity contribution in [3.63, 3.8) is 0 Å². The molecular weight excluding hydrogens is 693 g/mol. The highest BCUT2D eigenvalue weighted by molar-refractivity contribution is 6.06. The van der Waals surface area contributed by atoms with Crippen LogP contribution in [0.3, 0.4) is 0 Å². The van der Waals surface area contributed by atoms with E-state index in [2.05, 4.69) is 177 Å². The van der Waals surface area contributed by atoms with E-state index < -0.39 is 0 Å². The lowest BCUT2D eigenvalue weighted by molar-refractivity contribution is 0.669. The van der Waals surface area contributed by atoms with Gasteiger partial charge in [0.25, 0.3) is 0 Å². The van der Waals surface area contributed by atoms with Gasteiger partial charge in [0, 0.05) is 32.9 Å². The van der Waals surface area contributed by atoms with Gasteiger partial charge in [-0.15, -0.1) is 0 Å². The number of aromatic nitrogens is 2. The van der Waals surface area contributed by atoms with Crippen LogP contribution < -0.4 is 0 Å². The minimum Gasteiger partial charge on any atom is -0.456 e. The molecule has 3 nitrogen and oxygen atoms in total. The summed E-state index contributed by atoms with van der Waals surface area (Å²) in [6.45, 7) is 2.36. The van der Waals surface area contributed by atoms with Crippen molar-refractivity contribution in [2.75, 3.05) is 0 Å². The molecule has 3 heteroatoms. The van der Waals surface area contributed by atoms with E-state index in [1.165, 1.54) is 27.8 Å². The van der Waals surface area contributed by atoms with Gasteiger partial charge in [0.05, 0.1) is 11.4 Å². The maximum atomic E-state index is 6.08. The van der Waals surface area contributed by atoms with Gasteiger partial charge in [-0.1, -0.05) is 164 Å². The van der Waals surface area contributed by atoms with Gasteiger partial charge in [-0.2, -0.15) is 0 Å². The molecular formula is C54H36N2O. The molecule has 0 aliphatic heterocycles. The maximum Gasteiger partial charge on any atom is 0.160 e. The summed E-state index contributed by atoms with van der Waals surface area (Å²) in [4.78, 5) is 10.4. The molecule has 0 bridgehead atoms. The van der Waals surface area contributed by atoms with E-state index in [0.717, 1.165) is 72.3 Å². The molecule has 268 valence electrons. The number of hydrogen-bond donors (Lipinski definition) is 0. The fourth-order valence-electron chi connectivity index (χ4n) is 8.81. The van der Waals surface area contributed by atoms with Crippen molar-refractivity contribution in [3.8, 4) is 67.3 Å². The van der Waals surface area contributed by atoms with Crippen molar-refractivity contribution >= 4 is 21.9 Å². The quantitative estimate of drug-likeness (QED) is 0.171. The first kappa shape index (κ1) is 33.0. The second-order valence-electron chi connectivity index (χ2n) is 15.1. The van der Waals surface area contributed by atoms with Crippen LogP contribution in [0.2, 0.25) is 0 Å². The summed E-state index contributed by atoms with van der Waals surface area (Å²) < 4.78 is 6.08. The van der Waals surface area contributed by atoms with Crippen LogP contribution >= 0.6 is 0 Å². The summed E-state index contributed by atoms with van der Waals surface area (Å²) in [6.07, 6.45) is 0. The molecule has 0 saturated carbocycles. The summed E-state index contributed by atoms with van der Waals surface area (Å²) >= 11 is 0. The molecule has 57 heavy (non-hydrogen) atoms. The molecule has 0 spiro atoms. The molecule has 0 fully saturated rings. The largest absolute Gasteiger partial charge is 0.456 e. The van der Waals surface area contributed by atoms with Crippen LogP contribution in [0.1, 0.15) is 23.6 Å². The lowest BCUT2D eigenvalue weighted by Gasteiger charge is -2.28. The van der Waals surface area contributed by atoms with Crippen molar-refractivity contribution in [2.24, 2.45) is 0 Å². The average Bonchev–Trinajstić information content (AvgIpc) is 3.79. The zero-order chi connectivity index (χ0) is 37.9. The lowest BCUT2D eigenvalue weighted by Crippen LogP contribution is -2.22. The zero-order valence-electron chi connectivity index (χ0n) is 31.4. The Hall–Kier alpha value is -7.36. The number of hydrogen-bond acceptors (Lipinski definition) is 3. The number of rotatable bonds is 6. The van der Waals surface area contributed by atoms with Gasteiger partial charge in [-0.05, 0) is 93.4 Å². The Morgan fingerprint density at radius 3 is 1.72 bits per heavy atom. The Morgan fingerprint density at radius 2 is 0.930 bits per heavy atom. The highest BCUT2D eigenvalue weighted by Crippen LogP contribution is 2.53. The third-order valence-electron chi connectivity index (χ3n) is 11.8. The van der Waals surface area contributed by atoms with E-state index >= 15 is 0 Å². The number of nitrogens with zero attached hydrogens (tertiary/aromatic N) is 2. The van der Waals surface area contributed by atoms with Gasteiger partial charge in [0.1, 0.15) is 11.2 Å². The Balaban J connectivity index is 0.985. The Bertz CT molecular complexity index is 3130. The van der Waals surface area contributed by atoms with E-state index in [1.54, 1.807) is 0 Å². The second-order valence-corrected chi connectivity index (χ2v) is 15.1. The molecule has 1 aliphatic rings. The van der Waals surface area contributed by atoms with E-state index in [9.17, 15) is 0 Å². The molecule has 8 aromatic carbocycles. The number of benzene rings is 8. The molecule has 0 saturated heterocycles. The lowest BCUT2D eigenvalue weighted by atomic mass is 9.74. The highest BCUT2D eigenvalue weighted by Gasteiger charge is 2.40. The molecule has 1 aliphatic carbocycles. The van der Waals surface area contributed by atoms with Crippen molar-refractivity contribution in [1.82, 2.24) is 9.97 Å². The summed E-state index contributed by atoms with van der Waals surface area (Å²) in [6, 6.07) is 71.1. The van der Waals surface area contributed by atoms with Crippen molar-refractivity contribution in [1.29, 1.82) is 0 Å².